The molecule has 40 heavy (non-hydrogen) atoms. The van der Waals surface area contributed by atoms with Crippen LogP contribution in [0.2, 0.25) is 0 Å². The van der Waals surface area contributed by atoms with E-state index in [1.54, 1.807) is 0 Å². The molecule has 0 bridgehead atoms. The number of rotatable bonds is 4. The van der Waals surface area contributed by atoms with Crippen molar-refractivity contribution in [1.82, 2.24) is 23.7 Å². The summed E-state index contributed by atoms with van der Waals surface area (Å²) >= 11 is 0. The first-order valence-electron chi connectivity index (χ1n) is 13.4. The van der Waals surface area contributed by atoms with Crippen molar-refractivity contribution in [2.75, 3.05) is 0 Å². The molecule has 0 unspecified atom stereocenters. The standard InChI is InChI=1S/C35H25N5/c1-38-31-15-5-3-13-29(31)37-35(38)25-17-18-28-27-12-2-4-14-30(27)40(33(28)23-25)26-11-8-10-24(22-26)34-32(16-9-19-36-34)39-20-6-7-21-39/h2-23H,1H3. The summed E-state index contributed by atoms with van der Waals surface area (Å²) in [5.41, 5.74) is 9.69. The lowest BCUT2D eigenvalue weighted by molar-refractivity contribution is 0.959. The van der Waals surface area contributed by atoms with Gasteiger partial charge in [-0.25, -0.2) is 4.98 Å². The van der Waals surface area contributed by atoms with E-state index in [0.29, 0.717) is 0 Å². The number of aryl methyl sites for hydroxylation is 1. The first-order valence-corrected chi connectivity index (χ1v) is 13.4. The minimum absolute atomic E-state index is 0.946. The van der Waals surface area contributed by atoms with Crippen molar-refractivity contribution >= 4 is 32.8 Å². The molecule has 0 amide bonds. The SMILES string of the molecule is Cn1c(-c2ccc3c4ccccc4n(-c4cccc(-c5ncccc5-n5cccc5)c4)c3c2)nc2ccccc21. The Labute approximate surface area is 231 Å². The summed E-state index contributed by atoms with van der Waals surface area (Å²) in [6.07, 6.45) is 5.97. The molecule has 0 saturated heterocycles. The maximum atomic E-state index is 4.98. The molecule has 190 valence electrons. The molecular weight excluding hydrogens is 490 g/mol. The van der Waals surface area contributed by atoms with Crippen LogP contribution in [0.5, 0.6) is 0 Å². The van der Waals surface area contributed by atoms with Crippen LogP contribution in [0.15, 0.2) is 134 Å². The molecule has 0 aliphatic rings. The number of imidazole rings is 1. The number of pyridine rings is 1. The highest BCUT2D eigenvalue weighted by Gasteiger charge is 2.17. The van der Waals surface area contributed by atoms with Crippen molar-refractivity contribution in [3.05, 3.63) is 134 Å². The van der Waals surface area contributed by atoms with Gasteiger partial charge in [-0.15, -0.1) is 0 Å². The Bertz CT molecular complexity index is 2180. The lowest BCUT2D eigenvalue weighted by Gasteiger charge is -2.13. The Morgan fingerprint density at radius 1 is 0.600 bits per heavy atom. The van der Waals surface area contributed by atoms with Crippen molar-refractivity contribution in [3.8, 4) is 34.0 Å². The van der Waals surface area contributed by atoms with Crippen molar-refractivity contribution < 1.29 is 0 Å². The van der Waals surface area contributed by atoms with Gasteiger partial charge in [-0.05, 0) is 60.7 Å². The number of para-hydroxylation sites is 3. The van der Waals surface area contributed by atoms with Gasteiger partial charge in [-0.1, -0.05) is 54.6 Å². The molecule has 4 heterocycles. The van der Waals surface area contributed by atoms with Crippen LogP contribution in [0.3, 0.4) is 0 Å². The van der Waals surface area contributed by atoms with Crippen molar-refractivity contribution in [3.63, 3.8) is 0 Å². The summed E-state index contributed by atoms with van der Waals surface area (Å²) in [6, 6.07) is 40.4. The molecule has 0 radical (unpaired) electrons. The Morgan fingerprint density at radius 2 is 1.40 bits per heavy atom. The van der Waals surface area contributed by atoms with Gasteiger partial charge in [-0.2, -0.15) is 0 Å². The lowest BCUT2D eigenvalue weighted by Crippen LogP contribution is -1.98. The second-order valence-electron chi connectivity index (χ2n) is 10.1. The molecule has 0 saturated carbocycles. The second-order valence-corrected chi connectivity index (χ2v) is 10.1. The number of aromatic nitrogens is 5. The predicted octanol–water partition coefficient (Wildman–Crippen LogP) is 8.19. The van der Waals surface area contributed by atoms with Gasteiger partial charge in [0.1, 0.15) is 5.82 Å². The minimum atomic E-state index is 0.946. The molecule has 0 aliphatic heterocycles. The van der Waals surface area contributed by atoms with E-state index < -0.39 is 0 Å². The fourth-order valence-corrected chi connectivity index (χ4v) is 5.91. The third-order valence-corrected chi connectivity index (χ3v) is 7.77. The van der Waals surface area contributed by atoms with E-state index in [9.17, 15) is 0 Å². The molecule has 4 aromatic heterocycles. The molecule has 5 heteroatoms. The maximum absolute atomic E-state index is 4.98. The van der Waals surface area contributed by atoms with Gasteiger partial charge in [0.15, 0.2) is 0 Å². The van der Waals surface area contributed by atoms with Crippen molar-refractivity contribution in [2.45, 2.75) is 0 Å². The summed E-state index contributed by atoms with van der Waals surface area (Å²) < 4.78 is 6.64. The Kier molecular flexibility index (Phi) is 4.97. The monoisotopic (exact) mass is 515 g/mol. The van der Waals surface area contributed by atoms with Gasteiger partial charge in [0.2, 0.25) is 0 Å². The first kappa shape index (κ1) is 22.6. The van der Waals surface area contributed by atoms with E-state index in [1.807, 2.05) is 30.5 Å². The van der Waals surface area contributed by atoms with Gasteiger partial charge in [0.05, 0.1) is 33.4 Å². The quantitative estimate of drug-likeness (QED) is 0.237. The van der Waals surface area contributed by atoms with Crippen molar-refractivity contribution in [2.24, 2.45) is 7.05 Å². The molecule has 0 atom stereocenters. The Balaban J connectivity index is 1.36. The van der Waals surface area contributed by atoms with Crippen molar-refractivity contribution in [1.29, 1.82) is 0 Å². The topological polar surface area (TPSA) is 40.6 Å². The highest BCUT2D eigenvalue weighted by Crippen LogP contribution is 2.36. The molecule has 4 aromatic carbocycles. The highest BCUT2D eigenvalue weighted by atomic mass is 15.1. The van der Waals surface area contributed by atoms with Gasteiger partial charge in [0, 0.05) is 53.2 Å². The van der Waals surface area contributed by atoms with Crippen LogP contribution in [0.1, 0.15) is 0 Å². The van der Waals surface area contributed by atoms with Crippen LogP contribution in [0.25, 0.3) is 66.9 Å². The largest absolute Gasteiger partial charge is 0.327 e. The number of nitrogens with zero attached hydrogens (tertiary/aromatic N) is 5. The molecule has 0 spiro atoms. The summed E-state index contributed by atoms with van der Waals surface area (Å²) in [7, 11) is 2.09. The van der Waals surface area contributed by atoms with Gasteiger partial charge >= 0.3 is 0 Å². The number of benzene rings is 4. The summed E-state index contributed by atoms with van der Waals surface area (Å²) in [4.78, 5) is 9.77. The molecule has 0 aliphatic carbocycles. The van der Waals surface area contributed by atoms with Crippen LogP contribution in [-0.4, -0.2) is 23.7 Å². The van der Waals surface area contributed by atoms with E-state index in [2.05, 4.69) is 124 Å². The number of hydrogen-bond donors (Lipinski definition) is 0. The fourth-order valence-electron chi connectivity index (χ4n) is 5.91. The maximum Gasteiger partial charge on any atom is 0.140 e. The smallest absolute Gasteiger partial charge is 0.140 e. The van der Waals surface area contributed by atoms with Crippen LogP contribution in [-0.2, 0) is 7.05 Å². The van der Waals surface area contributed by atoms with E-state index in [1.165, 1.54) is 16.3 Å². The third kappa shape index (κ3) is 3.41. The van der Waals surface area contributed by atoms with Gasteiger partial charge < -0.3 is 13.7 Å². The van der Waals surface area contributed by atoms with Crippen LogP contribution >= 0.6 is 0 Å². The Hall–Kier alpha value is -5.42. The van der Waals surface area contributed by atoms with Gasteiger partial charge in [-0.3, -0.25) is 4.98 Å². The van der Waals surface area contributed by atoms with Crippen LogP contribution in [0, 0.1) is 0 Å². The average Bonchev–Trinajstić information content (AvgIpc) is 3.74. The third-order valence-electron chi connectivity index (χ3n) is 7.77. The fraction of sp³-hybridized carbons (Fsp3) is 0.0286. The molecule has 8 aromatic rings. The summed E-state index contributed by atoms with van der Waals surface area (Å²) in [6.45, 7) is 0. The zero-order valence-electron chi connectivity index (χ0n) is 21.9. The Morgan fingerprint density at radius 3 is 2.27 bits per heavy atom. The molecule has 0 fully saturated rings. The zero-order valence-corrected chi connectivity index (χ0v) is 21.9. The molecule has 8 rings (SSSR count). The molecule has 5 nitrogen and oxygen atoms in total. The molecule has 0 N–H and O–H groups in total. The highest BCUT2D eigenvalue weighted by molar-refractivity contribution is 6.10. The lowest BCUT2D eigenvalue weighted by atomic mass is 10.1. The minimum Gasteiger partial charge on any atom is -0.327 e. The van der Waals surface area contributed by atoms with E-state index in [-0.39, 0.29) is 0 Å². The average molecular weight is 516 g/mol. The number of fused-ring (bicyclic) bond motifs is 4. The number of hydrogen-bond acceptors (Lipinski definition) is 2. The van der Waals surface area contributed by atoms with Crippen LogP contribution < -0.4 is 0 Å². The van der Waals surface area contributed by atoms with Crippen LogP contribution in [0.4, 0.5) is 0 Å². The summed E-state index contributed by atoms with van der Waals surface area (Å²) in [5, 5.41) is 2.44. The zero-order chi connectivity index (χ0) is 26.6. The summed E-state index contributed by atoms with van der Waals surface area (Å²) in [5.74, 6) is 0.957. The normalized spacial score (nSPS) is 11.6. The first-order chi connectivity index (χ1) is 19.8. The van der Waals surface area contributed by atoms with E-state index in [0.717, 1.165) is 50.6 Å². The van der Waals surface area contributed by atoms with E-state index in [4.69, 9.17) is 9.97 Å². The second kappa shape index (κ2) is 8.82. The van der Waals surface area contributed by atoms with E-state index >= 15 is 0 Å². The van der Waals surface area contributed by atoms with Gasteiger partial charge in [0.25, 0.3) is 0 Å². The molecular formula is C35H25N5. The predicted molar refractivity (Wildman–Crippen MR) is 163 cm³/mol.